The summed E-state index contributed by atoms with van der Waals surface area (Å²) in [6, 6.07) is 9.14. The average molecular weight is 482 g/mol. The van der Waals surface area contributed by atoms with Gasteiger partial charge in [-0.1, -0.05) is 13.0 Å². The molecule has 0 bridgehead atoms. The fraction of sp³-hybridized carbons (Fsp3) is 0.269. The van der Waals surface area contributed by atoms with Crippen LogP contribution >= 0.6 is 0 Å². The first-order valence-electron chi connectivity index (χ1n) is 11.1. The van der Waals surface area contributed by atoms with Gasteiger partial charge in [-0.15, -0.1) is 0 Å². The van der Waals surface area contributed by atoms with Crippen molar-refractivity contribution in [3.05, 3.63) is 59.2 Å². The third-order valence-corrected chi connectivity index (χ3v) is 5.92. The number of benzene rings is 3. The lowest BCUT2D eigenvalue weighted by Crippen LogP contribution is -2.28. The van der Waals surface area contributed by atoms with Crippen molar-refractivity contribution in [2.75, 3.05) is 6.61 Å². The van der Waals surface area contributed by atoms with Gasteiger partial charge in [0.25, 0.3) is 0 Å². The minimum atomic E-state index is -0.770. The Bertz CT molecular complexity index is 1240. The molecular formula is C26H26O9. The quantitative estimate of drug-likeness (QED) is 0.214. The van der Waals surface area contributed by atoms with Crippen LogP contribution in [0.25, 0.3) is 0 Å². The zero-order chi connectivity index (χ0) is 25.3. The highest BCUT2D eigenvalue weighted by atomic mass is 16.5. The Morgan fingerprint density at radius 3 is 2.29 bits per heavy atom. The van der Waals surface area contributed by atoms with Gasteiger partial charge in [-0.2, -0.15) is 0 Å². The highest BCUT2D eigenvalue weighted by Crippen LogP contribution is 2.47. The van der Waals surface area contributed by atoms with E-state index < -0.39 is 17.8 Å². The second-order valence-electron chi connectivity index (χ2n) is 8.51. The molecule has 0 saturated heterocycles. The predicted octanol–water partition coefficient (Wildman–Crippen LogP) is 4.27. The highest BCUT2D eigenvalue weighted by Gasteiger charge is 2.35. The first kappa shape index (κ1) is 23.9. The number of fused-ring (bicyclic) bond motifs is 1. The van der Waals surface area contributed by atoms with E-state index in [1.165, 1.54) is 36.4 Å². The van der Waals surface area contributed by atoms with Crippen LogP contribution < -0.4 is 9.47 Å². The summed E-state index contributed by atoms with van der Waals surface area (Å²) in [5.74, 6) is -2.58. The molecule has 0 saturated carbocycles. The molecule has 3 aromatic carbocycles. The maximum Gasteiger partial charge on any atom is 0.203 e. The molecule has 6 N–H and O–H groups in total. The van der Waals surface area contributed by atoms with Crippen LogP contribution in [0.2, 0.25) is 0 Å². The lowest BCUT2D eigenvalue weighted by molar-refractivity contribution is 0.0797. The number of hydrogen-bond donors (Lipinski definition) is 6. The van der Waals surface area contributed by atoms with Crippen LogP contribution in [0.5, 0.6) is 46.0 Å². The second-order valence-corrected chi connectivity index (χ2v) is 8.51. The van der Waals surface area contributed by atoms with E-state index in [1.54, 1.807) is 6.07 Å². The van der Waals surface area contributed by atoms with Crippen LogP contribution in [0.4, 0.5) is 0 Å². The zero-order valence-electron chi connectivity index (χ0n) is 18.9. The van der Waals surface area contributed by atoms with E-state index in [9.17, 15) is 35.4 Å². The van der Waals surface area contributed by atoms with E-state index >= 15 is 0 Å². The maximum absolute atomic E-state index is 13.2. The highest BCUT2D eigenvalue weighted by molar-refractivity contribution is 5.97. The number of rotatable bonds is 7. The first-order chi connectivity index (χ1) is 16.7. The smallest absolute Gasteiger partial charge is 0.203 e. The molecule has 0 fully saturated rings. The number of carbonyl (C=O) groups excluding carboxylic acids is 1. The van der Waals surface area contributed by atoms with Gasteiger partial charge in [0.15, 0.2) is 28.8 Å². The number of ketones is 1. The Morgan fingerprint density at radius 2 is 1.63 bits per heavy atom. The molecule has 1 heterocycles. The van der Waals surface area contributed by atoms with Crippen molar-refractivity contribution in [3.8, 4) is 46.0 Å². The molecule has 35 heavy (non-hydrogen) atoms. The zero-order valence-corrected chi connectivity index (χ0v) is 18.9. The minimum absolute atomic E-state index is 0.0666. The van der Waals surface area contributed by atoms with Gasteiger partial charge in [0.2, 0.25) is 5.75 Å². The van der Waals surface area contributed by atoms with E-state index in [-0.39, 0.29) is 71.0 Å². The van der Waals surface area contributed by atoms with Crippen molar-refractivity contribution in [2.45, 2.75) is 32.3 Å². The molecule has 9 heteroatoms. The molecule has 4 rings (SSSR count). The first-order valence-corrected chi connectivity index (χ1v) is 11.1. The summed E-state index contributed by atoms with van der Waals surface area (Å²) in [5, 5.41) is 60.4. The molecule has 0 amide bonds. The molecule has 2 atom stereocenters. The van der Waals surface area contributed by atoms with Gasteiger partial charge in [-0.05, 0) is 42.7 Å². The Hall–Kier alpha value is -4.27. The fourth-order valence-corrected chi connectivity index (χ4v) is 4.23. The summed E-state index contributed by atoms with van der Waals surface area (Å²) < 4.78 is 11.4. The summed E-state index contributed by atoms with van der Waals surface area (Å²) >= 11 is 0. The normalized spacial score (nSPS) is 16.8. The molecule has 1 aliphatic heterocycles. The number of aromatic hydroxyl groups is 6. The van der Waals surface area contributed by atoms with Gasteiger partial charge in [-0.3, -0.25) is 4.79 Å². The molecule has 9 nitrogen and oxygen atoms in total. The summed E-state index contributed by atoms with van der Waals surface area (Å²) in [6.45, 7) is 2.16. The van der Waals surface area contributed by atoms with Crippen molar-refractivity contribution >= 4 is 5.78 Å². The van der Waals surface area contributed by atoms with Crippen LogP contribution in [0.1, 0.15) is 47.4 Å². The summed E-state index contributed by atoms with van der Waals surface area (Å²) in [4.78, 5) is 13.2. The number of ether oxygens (including phenoxy) is 2. The lowest BCUT2D eigenvalue weighted by Gasteiger charge is -2.34. The van der Waals surface area contributed by atoms with E-state index in [2.05, 4.69) is 0 Å². The van der Waals surface area contributed by atoms with Crippen LogP contribution in [0.3, 0.4) is 0 Å². The third-order valence-electron chi connectivity index (χ3n) is 5.92. The molecule has 1 aliphatic rings. The fourth-order valence-electron chi connectivity index (χ4n) is 4.23. The van der Waals surface area contributed by atoms with Crippen molar-refractivity contribution < 1.29 is 44.9 Å². The molecular weight excluding hydrogens is 456 g/mol. The van der Waals surface area contributed by atoms with Gasteiger partial charge in [0.05, 0.1) is 6.61 Å². The Balaban J connectivity index is 1.67. The number of phenols is 6. The SMILES string of the molecule is CCCOc1c(O)cc(C(=O)C[C@@H]2Cc3c(O)cc(O)cc3O[C@H]2c2ccc(O)c(O)c2)cc1O. The van der Waals surface area contributed by atoms with Gasteiger partial charge in [0.1, 0.15) is 23.4 Å². The summed E-state index contributed by atoms with van der Waals surface area (Å²) in [6.07, 6.45) is 0.00470. The standard InChI is InChI=1S/C26H26O9/c1-2-5-34-26-22(32)8-14(9-23(26)33)19(29)10-15-6-17-20(30)11-16(27)12-24(17)35-25(15)13-3-4-18(28)21(31)7-13/h3-4,7-9,11-12,15,25,27-28,30-33H,2,5-6,10H2,1H3/t15-,25-/m0/s1. The number of phenolic OH excluding ortho intramolecular Hbond substituents is 6. The van der Waals surface area contributed by atoms with Gasteiger partial charge >= 0.3 is 0 Å². The molecule has 0 radical (unpaired) electrons. The average Bonchev–Trinajstić information content (AvgIpc) is 2.80. The van der Waals surface area contributed by atoms with Crippen molar-refractivity contribution in [1.82, 2.24) is 0 Å². The second kappa shape index (κ2) is 9.54. The van der Waals surface area contributed by atoms with Crippen molar-refractivity contribution in [3.63, 3.8) is 0 Å². The Morgan fingerprint density at radius 1 is 0.914 bits per heavy atom. The topological polar surface area (TPSA) is 157 Å². The van der Waals surface area contributed by atoms with E-state index in [0.29, 0.717) is 17.5 Å². The van der Waals surface area contributed by atoms with E-state index in [0.717, 1.165) is 0 Å². The van der Waals surface area contributed by atoms with E-state index in [4.69, 9.17) is 9.47 Å². The Kier molecular flexibility index (Phi) is 6.50. The van der Waals surface area contributed by atoms with Crippen LogP contribution in [-0.4, -0.2) is 43.0 Å². The maximum atomic E-state index is 13.2. The summed E-state index contributed by atoms with van der Waals surface area (Å²) in [5.41, 5.74) is 0.950. The Labute approximate surface area is 201 Å². The van der Waals surface area contributed by atoms with Crippen molar-refractivity contribution in [1.29, 1.82) is 0 Å². The third kappa shape index (κ3) is 4.84. The number of hydrogen-bond acceptors (Lipinski definition) is 9. The molecule has 0 aromatic heterocycles. The molecule has 0 unspecified atom stereocenters. The number of Topliss-reactive ketones (excluding diaryl/α,β-unsaturated/α-hetero) is 1. The molecule has 0 aliphatic carbocycles. The van der Waals surface area contributed by atoms with Gasteiger partial charge < -0.3 is 40.1 Å². The van der Waals surface area contributed by atoms with Gasteiger partial charge in [-0.25, -0.2) is 0 Å². The van der Waals surface area contributed by atoms with Crippen LogP contribution in [0, 0.1) is 5.92 Å². The monoisotopic (exact) mass is 482 g/mol. The molecule has 184 valence electrons. The van der Waals surface area contributed by atoms with Crippen LogP contribution in [-0.2, 0) is 6.42 Å². The molecule has 0 spiro atoms. The van der Waals surface area contributed by atoms with Crippen molar-refractivity contribution in [2.24, 2.45) is 5.92 Å². The number of carbonyl (C=O) groups is 1. The lowest BCUT2D eigenvalue weighted by atomic mass is 9.82. The predicted molar refractivity (Wildman–Crippen MR) is 125 cm³/mol. The minimum Gasteiger partial charge on any atom is -0.508 e. The van der Waals surface area contributed by atoms with Gasteiger partial charge in [0, 0.05) is 35.6 Å². The largest absolute Gasteiger partial charge is 0.508 e. The van der Waals surface area contributed by atoms with Crippen LogP contribution in [0.15, 0.2) is 42.5 Å². The summed E-state index contributed by atoms with van der Waals surface area (Å²) in [7, 11) is 0. The van der Waals surface area contributed by atoms with E-state index in [1.807, 2.05) is 6.92 Å². The molecule has 3 aromatic rings.